The molecule has 3 rings (SSSR count). The maximum Gasteiger partial charge on any atom is 0.171 e. The molecule has 1 atom stereocenters. The van der Waals surface area contributed by atoms with E-state index in [1.54, 1.807) is 0 Å². The van der Waals surface area contributed by atoms with Crippen LogP contribution >= 0.6 is 11.6 Å². The van der Waals surface area contributed by atoms with Crippen LogP contribution in [0.25, 0.3) is 11.0 Å². The molecule has 1 fully saturated rings. The SMILES string of the molecule is CC(C)[Si](C(C)C)(C(C)C)n1ccc2c(N[C@@H](C)C3CC3)cc(Cl)nc21. The molecule has 2 aromatic heterocycles. The maximum atomic E-state index is 6.47. The van der Waals surface area contributed by atoms with Crippen LogP contribution in [0.3, 0.4) is 0 Å². The molecule has 1 aliphatic carbocycles. The van der Waals surface area contributed by atoms with E-state index in [9.17, 15) is 0 Å². The first-order valence-corrected chi connectivity index (χ1v) is 12.7. The number of hydrogen-bond donors (Lipinski definition) is 1. The highest BCUT2D eigenvalue weighted by Crippen LogP contribution is 2.45. The number of hydrogen-bond acceptors (Lipinski definition) is 2. The van der Waals surface area contributed by atoms with Crippen molar-refractivity contribution in [1.82, 2.24) is 9.22 Å². The Morgan fingerprint density at radius 2 is 1.65 bits per heavy atom. The lowest BCUT2D eigenvalue weighted by Crippen LogP contribution is -2.51. The Hall–Kier alpha value is -1.00. The van der Waals surface area contributed by atoms with Crippen molar-refractivity contribution in [3.05, 3.63) is 23.5 Å². The molecular weight excluding hydrogens is 358 g/mol. The van der Waals surface area contributed by atoms with Crippen molar-refractivity contribution in [1.29, 1.82) is 0 Å². The van der Waals surface area contributed by atoms with Crippen LogP contribution < -0.4 is 5.32 Å². The number of fused-ring (bicyclic) bond motifs is 1. The topological polar surface area (TPSA) is 29.9 Å². The molecule has 2 heterocycles. The molecule has 144 valence electrons. The summed E-state index contributed by atoms with van der Waals surface area (Å²) in [5.41, 5.74) is 4.07. The van der Waals surface area contributed by atoms with E-state index in [0.29, 0.717) is 27.8 Å². The number of halogens is 1. The Bertz CT molecular complexity index is 755. The van der Waals surface area contributed by atoms with E-state index in [1.807, 2.05) is 6.07 Å². The molecule has 0 aliphatic heterocycles. The normalized spacial score (nSPS) is 16.9. The largest absolute Gasteiger partial charge is 0.382 e. The van der Waals surface area contributed by atoms with E-state index in [4.69, 9.17) is 16.6 Å². The fraction of sp³-hybridized carbons (Fsp3) is 0.667. The third kappa shape index (κ3) is 3.20. The van der Waals surface area contributed by atoms with Crippen molar-refractivity contribution < 1.29 is 0 Å². The molecule has 0 unspecified atom stereocenters. The molecule has 26 heavy (non-hydrogen) atoms. The molecule has 5 heteroatoms. The van der Waals surface area contributed by atoms with Gasteiger partial charge in [-0.2, -0.15) is 0 Å². The number of pyridine rings is 1. The molecule has 0 saturated heterocycles. The van der Waals surface area contributed by atoms with E-state index >= 15 is 0 Å². The lowest BCUT2D eigenvalue weighted by atomic mass is 10.2. The summed E-state index contributed by atoms with van der Waals surface area (Å²) in [7, 11) is -1.84. The van der Waals surface area contributed by atoms with Gasteiger partial charge >= 0.3 is 0 Å². The summed E-state index contributed by atoms with van der Waals surface area (Å²) in [5.74, 6) is 0.800. The zero-order valence-corrected chi connectivity index (χ0v) is 19.1. The highest BCUT2D eigenvalue weighted by Gasteiger charge is 2.46. The van der Waals surface area contributed by atoms with Crippen LogP contribution in [0.2, 0.25) is 21.8 Å². The number of rotatable bonds is 7. The predicted molar refractivity (Wildman–Crippen MR) is 117 cm³/mol. The minimum absolute atomic E-state index is 0.488. The Labute approximate surface area is 164 Å². The molecule has 0 spiro atoms. The zero-order chi connectivity index (χ0) is 19.2. The van der Waals surface area contributed by atoms with Gasteiger partial charge in [-0.15, -0.1) is 0 Å². The van der Waals surface area contributed by atoms with Crippen LogP contribution in [-0.4, -0.2) is 23.5 Å². The second kappa shape index (κ2) is 7.20. The van der Waals surface area contributed by atoms with Crippen LogP contribution in [-0.2, 0) is 0 Å². The lowest BCUT2D eigenvalue weighted by molar-refractivity contribution is 0.695. The average molecular weight is 392 g/mol. The summed E-state index contributed by atoms with van der Waals surface area (Å²) >= 11 is 6.47. The van der Waals surface area contributed by atoms with Crippen molar-refractivity contribution in [3.63, 3.8) is 0 Å². The molecule has 1 saturated carbocycles. The molecule has 1 N–H and O–H groups in total. The monoisotopic (exact) mass is 391 g/mol. The summed E-state index contributed by atoms with van der Waals surface area (Å²) in [4.78, 5) is 4.80. The van der Waals surface area contributed by atoms with Crippen molar-refractivity contribution in [2.75, 3.05) is 5.32 Å². The van der Waals surface area contributed by atoms with Crippen LogP contribution in [0.4, 0.5) is 5.69 Å². The second-order valence-electron chi connectivity index (χ2n) is 9.04. The van der Waals surface area contributed by atoms with Gasteiger partial charge < -0.3 is 9.55 Å². The van der Waals surface area contributed by atoms with Gasteiger partial charge in [-0.05, 0) is 60.6 Å². The van der Waals surface area contributed by atoms with E-state index in [1.165, 1.54) is 18.2 Å². The molecule has 0 radical (unpaired) electrons. The first kappa shape index (κ1) is 19.8. The molecule has 0 amide bonds. The first-order chi connectivity index (χ1) is 12.2. The van der Waals surface area contributed by atoms with Crippen LogP contribution in [0.1, 0.15) is 61.3 Å². The Morgan fingerprint density at radius 3 is 2.15 bits per heavy atom. The third-order valence-corrected chi connectivity index (χ3v) is 13.5. The second-order valence-corrected chi connectivity index (χ2v) is 15.1. The van der Waals surface area contributed by atoms with Gasteiger partial charge in [0.05, 0.1) is 0 Å². The zero-order valence-electron chi connectivity index (χ0n) is 17.3. The average Bonchev–Trinajstić information content (AvgIpc) is 3.29. The van der Waals surface area contributed by atoms with Crippen LogP contribution in [0.15, 0.2) is 18.3 Å². The minimum Gasteiger partial charge on any atom is -0.382 e. The smallest absolute Gasteiger partial charge is 0.171 e. The Kier molecular flexibility index (Phi) is 5.47. The quantitative estimate of drug-likeness (QED) is 0.409. The highest BCUT2D eigenvalue weighted by atomic mass is 35.5. The number of anilines is 1. The predicted octanol–water partition coefficient (Wildman–Crippen LogP) is 6.92. The van der Waals surface area contributed by atoms with E-state index in [2.05, 4.69) is 70.3 Å². The van der Waals surface area contributed by atoms with Crippen molar-refractivity contribution in [2.24, 2.45) is 5.92 Å². The van der Waals surface area contributed by atoms with Crippen LogP contribution in [0.5, 0.6) is 0 Å². The summed E-state index contributed by atoms with van der Waals surface area (Å²) in [6.07, 6.45) is 4.95. The molecular formula is C21H34ClN3Si. The number of nitrogens with zero attached hydrogens (tertiary/aromatic N) is 2. The third-order valence-electron chi connectivity index (χ3n) is 6.53. The molecule has 0 bridgehead atoms. The minimum atomic E-state index is -1.84. The Morgan fingerprint density at radius 1 is 1.08 bits per heavy atom. The van der Waals surface area contributed by atoms with Gasteiger partial charge in [0, 0.05) is 17.1 Å². The number of aromatic nitrogens is 2. The van der Waals surface area contributed by atoms with Gasteiger partial charge in [0.15, 0.2) is 8.24 Å². The van der Waals surface area contributed by atoms with Gasteiger partial charge in [0.2, 0.25) is 0 Å². The van der Waals surface area contributed by atoms with Gasteiger partial charge in [-0.25, -0.2) is 4.98 Å². The summed E-state index contributed by atoms with van der Waals surface area (Å²) in [6, 6.07) is 4.73. The molecule has 1 aliphatic rings. The summed E-state index contributed by atoms with van der Waals surface area (Å²) < 4.78 is 2.54. The highest BCUT2D eigenvalue weighted by molar-refractivity contribution is 6.82. The fourth-order valence-corrected chi connectivity index (χ4v) is 12.0. The summed E-state index contributed by atoms with van der Waals surface area (Å²) in [5, 5.41) is 5.51. The van der Waals surface area contributed by atoms with Gasteiger partial charge in [-0.3, -0.25) is 0 Å². The van der Waals surface area contributed by atoms with Crippen molar-refractivity contribution in [2.45, 2.75) is 84.0 Å². The van der Waals surface area contributed by atoms with Crippen LogP contribution in [0, 0.1) is 5.92 Å². The van der Waals surface area contributed by atoms with Crippen molar-refractivity contribution in [3.8, 4) is 0 Å². The molecule has 3 nitrogen and oxygen atoms in total. The summed E-state index contributed by atoms with van der Waals surface area (Å²) in [6.45, 7) is 16.6. The molecule has 0 aromatic carbocycles. The standard InChI is InChI=1S/C21H34ClN3Si/c1-13(2)26(14(3)4,15(5)6)25-11-10-18-19(12-20(22)24-21(18)25)23-16(7)17-8-9-17/h10-17H,8-9H2,1-7H3,(H,23,24)/t16-/m0/s1. The Balaban J connectivity index is 2.16. The first-order valence-electron chi connectivity index (χ1n) is 10.1. The van der Waals surface area contributed by atoms with Crippen molar-refractivity contribution >= 4 is 36.6 Å². The van der Waals surface area contributed by atoms with Gasteiger partial charge in [0.1, 0.15) is 10.8 Å². The number of nitrogens with one attached hydrogen (secondary N) is 1. The molecule has 2 aromatic rings. The lowest BCUT2D eigenvalue weighted by Gasteiger charge is -2.44. The maximum absolute atomic E-state index is 6.47. The van der Waals surface area contributed by atoms with Gasteiger partial charge in [-0.1, -0.05) is 53.1 Å². The van der Waals surface area contributed by atoms with Gasteiger partial charge in [0.25, 0.3) is 0 Å². The fourth-order valence-electron chi connectivity index (χ4n) is 5.30. The van der Waals surface area contributed by atoms with E-state index in [0.717, 1.165) is 17.3 Å². The van der Waals surface area contributed by atoms with E-state index in [-0.39, 0.29) is 0 Å². The van der Waals surface area contributed by atoms with E-state index < -0.39 is 8.24 Å².